The van der Waals surface area contributed by atoms with Gasteiger partial charge in [-0.1, -0.05) is 28.1 Å². The van der Waals surface area contributed by atoms with Gasteiger partial charge in [0.15, 0.2) is 0 Å². The second kappa shape index (κ2) is 6.94. The molecule has 1 unspecified atom stereocenters. The Kier molecular flexibility index (Phi) is 5.56. The molecule has 0 bridgehead atoms. The topological polar surface area (TPSA) is 12.0 Å². The average molecular weight is 318 g/mol. The number of hydrogen-bond donors (Lipinski definition) is 1. The largest absolute Gasteiger partial charge is 0.312 e. The van der Waals surface area contributed by atoms with E-state index in [1.807, 2.05) is 0 Å². The fourth-order valence-electron chi connectivity index (χ4n) is 1.68. The van der Waals surface area contributed by atoms with E-state index in [2.05, 4.69) is 69.0 Å². The van der Waals surface area contributed by atoms with Crippen molar-refractivity contribution in [3.63, 3.8) is 0 Å². The minimum Gasteiger partial charge on any atom is -0.312 e. The molecule has 0 saturated carbocycles. The van der Waals surface area contributed by atoms with Gasteiger partial charge in [-0.15, -0.1) is 0 Å². The van der Waals surface area contributed by atoms with Gasteiger partial charge in [-0.3, -0.25) is 0 Å². The monoisotopic (exact) mass is 317 g/mol. The Bertz CT molecular complexity index is 327. The first-order chi connectivity index (χ1) is 7.84. The van der Waals surface area contributed by atoms with E-state index in [0.717, 1.165) is 22.8 Å². The lowest BCUT2D eigenvalue weighted by Gasteiger charge is -2.21. The van der Waals surface area contributed by atoms with Crippen molar-refractivity contribution in [2.24, 2.45) is 0 Å². The summed E-state index contributed by atoms with van der Waals surface area (Å²) in [5.41, 5.74) is 1.35. The van der Waals surface area contributed by atoms with Crippen molar-refractivity contribution in [3.8, 4) is 0 Å². The first-order valence-corrected chi connectivity index (χ1v) is 8.49. The van der Waals surface area contributed by atoms with E-state index in [0.29, 0.717) is 0 Å². The molecule has 1 aromatic carbocycles. The highest BCUT2D eigenvalue weighted by atomic mass is 79.9. The molecule has 2 rings (SSSR count). The van der Waals surface area contributed by atoms with Gasteiger partial charge in [0.25, 0.3) is 0 Å². The van der Waals surface area contributed by atoms with Gasteiger partial charge in [-0.05, 0) is 17.7 Å². The zero-order valence-electron chi connectivity index (χ0n) is 9.12. The molecular formula is C12H16BrNS2. The molecule has 1 aliphatic rings. The number of thioether (sulfide) groups is 2. The Balaban J connectivity index is 1.71. The number of halogens is 1. The maximum absolute atomic E-state index is 3.54. The van der Waals surface area contributed by atoms with Crippen LogP contribution >= 0.6 is 39.5 Å². The lowest BCUT2D eigenvalue weighted by atomic mass is 10.2. The van der Waals surface area contributed by atoms with E-state index < -0.39 is 0 Å². The Morgan fingerprint density at radius 2 is 2.31 bits per heavy atom. The van der Waals surface area contributed by atoms with Crippen molar-refractivity contribution in [2.75, 3.05) is 23.8 Å². The van der Waals surface area contributed by atoms with Crippen LogP contribution in [0.5, 0.6) is 0 Å². The lowest BCUT2D eigenvalue weighted by Crippen LogP contribution is -2.28. The van der Waals surface area contributed by atoms with Gasteiger partial charge in [0.2, 0.25) is 0 Å². The van der Waals surface area contributed by atoms with E-state index in [1.165, 1.54) is 22.8 Å². The van der Waals surface area contributed by atoms with Crippen molar-refractivity contribution in [2.45, 2.75) is 11.8 Å². The van der Waals surface area contributed by atoms with E-state index >= 15 is 0 Å². The van der Waals surface area contributed by atoms with E-state index in [4.69, 9.17) is 0 Å². The van der Waals surface area contributed by atoms with Crippen LogP contribution in [0.1, 0.15) is 5.56 Å². The quantitative estimate of drug-likeness (QED) is 0.914. The van der Waals surface area contributed by atoms with Crippen molar-refractivity contribution < 1.29 is 0 Å². The van der Waals surface area contributed by atoms with Gasteiger partial charge in [-0.25, -0.2) is 0 Å². The molecule has 1 aliphatic heterocycles. The Morgan fingerprint density at radius 3 is 3.06 bits per heavy atom. The second-order valence-corrected chi connectivity index (χ2v) is 7.30. The van der Waals surface area contributed by atoms with Crippen LogP contribution in [0.3, 0.4) is 0 Å². The predicted octanol–water partition coefficient (Wildman–Crippen LogP) is 3.39. The maximum Gasteiger partial charge on any atom is 0.0263 e. The molecule has 4 heteroatoms. The van der Waals surface area contributed by atoms with Crippen LogP contribution in [0.15, 0.2) is 28.7 Å². The molecule has 0 radical (unpaired) electrons. The summed E-state index contributed by atoms with van der Waals surface area (Å²) >= 11 is 7.69. The predicted molar refractivity (Wildman–Crippen MR) is 79.4 cm³/mol. The van der Waals surface area contributed by atoms with Gasteiger partial charge in [-0.2, -0.15) is 23.5 Å². The Labute approximate surface area is 114 Å². The van der Waals surface area contributed by atoms with Gasteiger partial charge < -0.3 is 5.32 Å². The molecule has 1 fully saturated rings. The third-order valence-electron chi connectivity index (χ3n) is 2.48. The highest BCUT2D eigenvalue weighted by Crippen LogP contribution is 2.23. The van der Waals surface area contributed by atoms with E-state index in [-0.39, 0.29) is 0 Å². The Hall–Kier alpha value is 0.360. The normalized spacial score (nSPS) is 20.9. The molecule has 1 heterocycles. The summed E-state index contributed by atoms with van der Waals surface area (Å²) in [4.78, 5) is 0. The van der Waals surface area contributed by atoms with Gasteiger partial charge in [0.1, 0.15) is 0 Å². The molecule has 0 amide bonds. The summed E-state index contributed by atoms with van der Waals surface area (Å²) in [6.07, 6.45) is 0. The molecule has 0 aromatic heterocycles. The number of rotatable bonds is 4. The SMILES string of the molecule is Brc1cccc(CNCC2CSCCS2)c1. The number of benzene rings is 1. The number of hydrogen-bond acceptors (Lipinski definition) is 3. The van der Waals surface area contributed by atoms with Gasteiger partial charge in [0.05, 0.1) is 0 Å². The summed E-state index contributed by atoms with van der Waals surface area (Å²) in [7, 11) is 0. The van der Waals surface area contributed by atoms with Gasteiger partial charge >= 0.3 is 0 Å². The fourth-order valence-corrected chi connectivity index (χ4v) is 4.77. The molecule has 1 saturated heterocycles. The van der Waals surface area contributed by atoms with Crippen LogP contribution in [-0.4, -0.2) is 29.1 Å². The highest BCUT2D eigenvalue weighted by molar-refractivity contribution is 9.10. The summed E-state index contributed by atoms with van der Waals surface area (Å²) in [6, 6.07) is 8.50. The third kappa shape index (κ3) is 4.32. The van der Waals surface area contributed by atoms with Crippen LogP contribution in [0.2, 0.25) is 0 Å². The zero-order chi connectivity index (χ0) is 11.2. The molecule has 16 heavy (non-hydrogen) atoms. The molecule has 1 atom stereocenters. The maximum atomic E-state index is 3.54. The number of nitrogens with one attached hydrogen (secondary N) is 1. The molecule has 88 valence electrons. The zero-order valence-corrected chi connectivity index (χ0v) is 12.3. The van der Waals surface area contributed by atoms with Gasteiger partial charge in [0, 0.05) is 40.1 Å². The highest BCUT2D eigenvalue weighted by Gasteiger charge is 2.13. The average Bonchev–Trinajstić information content (AvgIpc) is 2.30. The Morgan fingerprint density at radius 1 is 1.38 bits per heavy atom. The van der Waals surface area contributed by atoms with Crippen LogP contribution in [-0.2, 0) is 6.54 Å². The summed E-state index contributed by atoms with van der Waals surface area (Å²) in [5, 5.41) is 4.34. The van der Waals surface area contributed by atoms with Crippen molar-refractivity contribution in [1.29, 1.82) is 0 Å². The van der Waals surface area contributed by atoms with Crippen molar-refractivity contribution in [3.05, 3.63) is 34.3 Å². The van der Waals surface area contributed by atoms with Crippen LogP contribution in [0.25, 0.3) is 0 Å². The minimum absolute atomic E-state index is 0.797. The van der Waals surface area contributed by atoms with E-state index in [9.17, 15) is 0 Å². The molecule has 0 aliphatic carbocycles. The lowest BCUT2D eigenvalue weighted by molar-refractivity contribution is 0.686. The second-order valence-electron chi connectivity index (χ2n) is 3.83. The van der Waals surface area contributed by atoms with E-state index in [1.54, 1.807) is 0 Å². The van der Waals surface area contributed by atoms with Crippen LogP contribution in [0.4, 0.5) is 0 Å². The smallest absolute Gasteiger partial charge is 0.0263 e. The molecular weight excluding hydrogens is 302 g/mol. The fraction of sp³-hybridized carbons (Fsp3) is 0.500. The van der Waals surface area contributed by atoms with Crippen LogP contribution in [0, 0.1) is 0 Å². The summed E-state index contributed by atoms with van der Waals surface area (Å²) in [5.74, 6) is 3.94. The molecule has 1 nitrogen and oxygen atoms in total. The third-order valence-corrected chi connectivity index (χ3v) is 5.81. The first-order valence-electron chi connectivity index (χ1n) is 5.49. The molecule has 1 N–H and O–H groups in total. The standard InChI is InChI=1S/C12H16BrNS2/c13-11-3-1-2-10(6-11)7-14-8-12-9-15-4-5-16-12/h1-3,6,12,14H,4-5,7-9H2. The van der Waals surface area contributed by atoms with Crippen molar-refractivity contribution in [1.82, 2.24) is 5.32 Å². The molecule has 0 spiro atoms. The summed E-state index contributed by atoms with van der Waals surface area (Å²) in [6.45, 7) is 2.10. The molecule has 1 aromatic rings. The minimum atomic E-state index is 0.797. The van der Waals surface area contributed by atoms with Crippen molar-refractivity contribution >= 4 is 39.5 Å². The van der Waals surface area contributed by atoms with Crippen LogP contribution < -0.4 is 5.32 Å². The summed E-state index contributed by atoms with van der Waals surface area (Å²) < 4.78 is 1.16. The first kappa shape index (κ1) is 12.8.